The van der Waals surface area contributed by atoms with Crippen LogP contribution in [0.25, 0.3) is 10.4 Å². The lowest BCUT2D eigenvalue weighted by atomic mass is 9.98. The van der Waals surface area contributed by atoms with E-state index in [1.165, 1.54) is 6.92 Å². The lowest BCUT2D eigenvalue weighted by Crippen LogP contribution is -2.62. The van der Waals surface area contributed by atoms with Gasteiger partial charge in [-0.05, 0) is 17.6 Å². The highest BCUT2D eigenvalue weighted by atomic mass is 16.7. The highest BCUT2D eigenvalue weighted by Gasteiger charge is 2.51. The molecule has 1 aliphatic rings. The summed E-state index contributed by atoms with van der Waals surface area (Å²) in [6.45, 7) is 1.36. The first-order chi connectivity index (χ1) is 6.42. The Labute approximate surface area is 79.0 Å². The Bertz CT molecular complexity index is 268. The molecule has 0 amide bonds. The van der Waals surface area contributed by atoms with Crippen molar-refractivity contribution in [1.82, 2.24) is 0 Å². The van der Waals surface area contributed by atoms with Gasteiger partial charge < -0.3 is 25.2 Å². The Morgan fingerprint density at radius 1 is 1.36 bits per heavy atom. The Morgan fingerprint density at radius 3 is 2.43 bits per heavy atom. The zero-order valence-electron chi connectivity index (χ0n) is 7.35. The minimum atomic E-state index is -2.53. The first-order valence-corrected chi connectivity index (χ1v) is 3.93. The lowest BCUT2D eigenvalue weighted by Gasteiger charge is -2.42. The van der Waals surface area contributed by atoms with E-state index in [0.717, 1.165) is 0 Å². The molecule has 8 heteroatoms. The maximum absolute atomic E-state index is 9.43. The molecule has 0 aliphatic carbocycles. The molecule has 5 atom stereocenters. The third-order valence-corrected chi connectivity index (χ3v) is 2.09. The van der Waals surface area contributed by atoms with Crippen LogP contribution >= 0.6 is 0 Å². The van der Waals surface area contributed by atoms with Crippen molar-refractivity contribution >= 4 is 0 Å². The van der Waals surface area contributed by atoms with Gasteiger partial charge in [0, 0.05) is 4.91 Å². The summed E-state index contributed by atoms with van der Waals surface area (Å²) in [7, 11) is 0. The van der Waals surface area contributed by atoms with Gasteiger partial charge in [0.15, 0.2) is 0 Å². The number of rotatable bonds is 1. The Hall–Kier alpha value is -0.890. The number of hydrogen-bond donors (Lipinski definition) is 4. The fraction of sp³-hybridized carbons (Fsp3) is 1.00. The van der Waals surface area contributed by atoms with E-state index in [1.807, 2.05) is 0 Å². The summed E-state index contributed by atoms with van der Waals surface area (Å²) in [6, 6.07) is 0. The average Bonchev–Trinajstić information content (AvgIpc) is 2.12. The van der Waals surface area contributed by atoms with Gasteiger partial charge in [0.25, 0.3) is 5.91 Å². The molecule has 0 radical (unpaired) electrons. The van der Waals surface area contributed by atoms with Gasteiger partial charge in [0.05, 0.1) is 6.10 Å². The van der Waals surface area contributed by atoms with Crippen LogP contribution in [-0.2, 0) is 4.74 Å². The van der Waals surface area contributed by atoms with Crippen molar-refractivity contribution in [1.29, 1.82) is 0 Å². The number of nitrogens with zero attached hydrogens (tertiary/aromatic N) is 3. The highest BCUT2D eigenvalue weighted by Crippen LogP contribution is 2.28. The largest absolute Gasteiger partial charge is 0.388 e. The molecule has 0 aromatic rings. The second kappa shape index (κ2) is 3.70. The maximum atomic E-state index is 9.43. The smallest absolute Gasteiger partial charge is 0.276 e. The third-order valence-electron chi connectivity index (χ3n) is 2.09. The molecule has 8 nitrogen and oxygen atoms in total. The summed E-state index contributed by atoms with van der Waals surface area (Å²) in [5.74, 6) is -2.53. The molecule has 1 rings (SSSR count). The van der Waals surface area contributed by atoms with Crippen LogP contribution in [0.4, 0.5) is 0 Å². The highest BCUT2D eigenvalue weighted by molar-refractivity contribution is 4.93. The summed E-state index contributed by atoms with van der Waals surface area (Å²) >= 11 is 0. The number of aliphatic hydroxyl groups excluding tert-OH is 3. The molecule has 0 spiro atoms. The molecule has 0 aromatic carbocycles. The van der Waals surface area contributed by atoms with Crippen LogP contribution in [0.3, 0.4) is 0 Å². The molecule has 1 heterocycles. The Kier molecular flexibility index (Phi) is 2.95. The van der Waals surface area contributed by atoms with Gasteiger partial charge in [-0.1, -0.05) is 0 Å². The predicted molar refractivity (Wildman–Crippen MR) is 42.7 cm³/mol. The van der Waals surface area contributed by atoms with E-state index >= 15 is 0 Å². The van der Waals surface area contributed by atoms with Gasteiger partial charge in [-0.25, -0.2) is 0 Å². The van der Waals surface area contributed by atoms with Crippen molar-refractivity contribution in [3.05, 3.63) is 10.4 Å². The topological polar surface area (TPSA) is 139 Å². The fourth-order valence-corrected chi connectivity index (χ4v) is 1.25. The number of aliphatic hydroxyl groups is 4. The summed E-state index contributed by atoms with van der Waals surface area (Å²) in [5, 5.41) is 40.0. The van der Waals surface area contributed by atoms with Crippen molar-refractivity contribution in [3.8, 4) is 0 Å². The molecule has 0 bridgehead atoms. The number of azide groups is 1. The van der Waals surface area contributed by atoms with Crippen molar-refractivity contribution in [3.63, 3.8) is 0 Å². The second-order valence-corrected chi connectivity index (χ2v) is 3.10. The standard InChI is InChI=1S/C6H11N3O5/c1-2-3(10)4(11)5(12)6(13,14-2)8-9-7/h2-5,10-13H,1H3/t2-,3-,4+,5+,6-/m0/s1. The minimum Gasteiger partial charge on any atom is -0.388 e. The van der Waals surface area contributed by atoms with E-state index in [9.17, 15) is 20.4 Å². The fourth-order valence-electron chi connectivity index (χ4n) is 1.25. The number of hydrogen-bond acceptors (Lipinski definition) is 6. The molecule has 1 saturated heterocycles. The van der Waals surface area contributed by atoms with Gasteiger partial charge in [-0.2, -0.15) is 0 Å². The summed E-state index contributed by atoms with van der Waals surface area (Å²) in [5.41, 5.74) is 8.10. The summed E-state index contributed by atoms with van der Waals surface area (Å²) < 4.78 is 4.68. The van der Waals surface area contributed by atoms with E-state index in [2.05, 4.69) is 14.8 Å². The van der Waals surface area contributed by atoms with Gasteiger partial charge in [0.2, 0.25) is 0 Å². The Balaban J connectivity index is 2.95. The minimum absolute atomic E-state index is 0.955. The van der Waals surface area contributed by atoms with Crippen molar-refractivity contribution < 1.29 is 25.2 Å². The first kappa shape index (κ1) is 11.2. The van der Waals surface area contributed by atoms with Crippen molar-refractivity contribution in [2.24, 2.45) is 5.11 Å². The zero-order chi connectivity index (χ0) is 10.9. The normalized spacial score (nSPS) is 48.4. The number of ether oxygens (including phenoxy) is 1. The van der Waals surface area contributed by atoms with Gasteiger partial charge in [-0.3, -0.25) is 0 Å². The molecule has 0 aromatic heterocycles. The molecule has 14 heavy (non-hydrogen) atoms. The van der Waals surface area contributed by atoms with E-state index in [1.54, 1.807) is 0 Å². The van der Waals surface area contributed by atoms with Gasteiger partial charge >= 0.3 is 0 Å². The summed E-state index contributed by atoms with van der Waals surface area (Å²) in [6.07, 6.45) is -5.82. The van der Waals surface area contributed by atoms with Crippen LogP contribution in [0.2, 0.25) is 0 Å². The summed E-state index contributed by atoms with van der Waals surface area (Å²) in [4.78, 5) is 2.27. The third kappa shape index (κ3) is 1.67. The predicted octanol–water partition coefficient (Wildman–Crippen LogP) is -1.56. The van der Waals surface area contributed by atoms with Crippen LogP contribution in [0, 0.1) is 0 Å². The molecular formula is C6H11N3O5. The lowest BCUT2D eigenvalue weighted by molar-refractivity contribution is -0.339. The first-order valence-electron chi connectivity index (χ1n) is 3.93. The van der Waals surface area contributed by atoms with E-state index < -0.39 is 30.3 Å². The van der Waals surface area contributed by atoms with E-state index in [0.29, 0.717) is 0 Å². The molecule has 4 N–H and O–H groups in total. The van der Waals surface area contributed by atoms with Crippen LogP contribution < -0.4 is 0 Å². The van der Waals surface area contributed by atoms with Gasteiger partial charge in [-0.15, -0.1) is 0 Å². The second-order valence-electron chi connectivity index (χ2n) is 3.10. The zero-order valence-corrected chi connectivity index (χ0v) is 7.35. The Morgan fingerprint density at radius 2 is 1.93 bits per heavy atom. The van der Waals surface area contributed by atoms with Crippen LogP contribution in [0.5, 0.6) is 0 Å². The van der Waals surface area contributed by atoms with Crippen molar-refractivity contribution in [2.75, 3.05) is 0 Å². The van der Waals surface area contributed by atoms with Crippen molar-refractivity contribution in [2.45, 2.75) is 37.3 Å². The van der Waals surface area contributed by atoms with E-state index in [-0.39, 0.29) is 0 Å². The maximum Gasteiger partial charge on any atom is 0.276 e. The molecular weight excluding hydrogens is 194 g/mol. The van der Waals surface area contributed by atoms with Crippen LogP contribution in [0.1, 0.15) is 6.92 Å². The van der Waals surface area contributed by atoms with Gasteiger partial charge in [0.1, 0.15) is 18.3 Å². The SMILES string of the molecule is C[C@@H]1O[C@](O)(N=[N+]=[N-])[C@H](O)[C@H](O)[C@H]1O. The van der Waals surface area contributed by atoms with E-state index in [4.69, 9.17) is 5.53 Å². The molecule has 0 saturated carbocycles. The molecule has 0 unspecified atom stereocenters. The monoisotopic (exact) mass is 205 g/mol. The quantitative estimate of drug-likeness (QED) is 0.233. The molecule has 1 fully saturated rings. The molecule has 1 aliphatic heterocycles. The molecule has 80 valence electrons. The van der Waals surface area contributed by atoms with Crippen LogP contribution in [0.15, 0.2) is 5.11 Å². The average molecular weight is 205 g/mol. The van der Waals surface area contributed by atoms with Crippen LogP contribution in [-0.4, -0.2) is 50.8 Å².